The van der Waals surface area contributed by atoms with E-state index in [2.05, 4.69) is 11.9 Å². The number of hydrogen-bond donors (Lipinski definition) is 2. The van der Waals surface area contributed by atoms with Crippen LogP contribution in [0.3, 0.4) is 0 Å². The van der Waals surface area contributed by atoms with E-state index in [9.17, 15) is 9.59 Å². The highest BCUT2D eigenvalue weighted by Gasteiger charge is 2.72. The fourth-order valence-corrected chi connectivity index (χ4v) is 2.28. The zero-order chi connectivity index (χ0) is 11.1. The number of carbonyl (C=O) groups is 2. The molecule has 2 saturated carbocycles. The van der Waals surface area contributed by atoms with Crippen molar-refractivity contribution in [2.24, 2.45) is 11.3 Å². The number of nitrogens with one attached hydrogen (secondary N) is 1. The molecule has 0 heterocycles. The molecule has 0 aromatic heterocycles. The molecule has 2 fully saturated rings. The summed E-state index contributed by atoms with van der Waals surface area (Å²) in [4.78, 5) is 21.9. The maximum atomic E-state index is 11.1. The molecule has 82 valence electrons. The van der Waals surface area contributed by atoms with Gasteiger partial charge in [0.05, 0.1) is 5.41 Å². The summed E-state index contributed by atoms with van der Waals surface area (Å²) in [5, 5.41) is 11.5. The minimum absolute atomic E-state index is 0.0292. The number of amides is 1. The van der Waals surface area contributed by atoms with E-state index in [0.29, 0.717) is 12.8 Å². The van der Waals surface area contributed by atoms with E-state index >= 15 is 0 Å². The van der Waals surface area contributed by atoms with Gasteiger partial charge in [0.15, 0.2) is 0 Å². The predicted molar refractivity (Wildman–Crippen MR) is 51.3 cm³/mol. The van der Waals surface area contributed by atoms with Crippen LogP contribution in [0.5, 0.6) is 0 Å². The molecule has 0 aromatic carbocycles. The Morgan fingerprint density at radius 2 is 2.33 bits per heavy atom. The minimum atomic E-state index is -0.745. The van der Waals surface area contributed by atoms with Gasteiger partial charge < -0.3 is 15.2 Å². The number of carbonyl (C=O) groups excluding carboxylic acids is 1. The van der Waals surface area contributed by atoms with Crippen LogP contribution in [0.4, 0.5) is 4.79 Å². The van der Waals surface area contributed by atoms with Crippen molar-refractivity contribution in [3.8, 4) is 0 Å². The van der Waals surface area contributed by atoms with Gasteiger partial charge >= 0.3 is 12.1 Å². The number of rotatable bonds is 4. The first-order valence-corrected chi connectivity index (χ1v) is 4.88. The molecule has 0 unspecified atom stereocenters. The lowest BCUT2D eigenvalue weighted by atomic mass is 9.80. The Kier molecular flexibility index (Phi) is 2.17. The first-order valence-electron chi connectivity index (χ1n) is 4.88. The van der Waals surface area contributed by atoms with Crippen LogP contribution in [0.2, 0.25) is 0 Å². The van der Waals surface area contributed by atoms with Crippen LogP contribution >= 0.6 is 0 Å². The van der Waals surface area contributed by atoms with Gasteiger partial charge in [0.2, 0.25) is 0 Å². The Morgan fingerprint density at radius 3 is 2.80 bits per heavy atom. The van der Waals surface area contributed by atoms with Crippen LogP contribution < -0.4 is 5.32 Å². The van der Waals surface area contributed by atoms with Crippen molar-refractivity contribution in [2.45, 2.75) is 18.9 Å². The Hall–Kier alpha value is -1.52. The van der Waals surface area contributed by atoms with Gasteiger partial charge in [0.25, 0.3) is 0 Å². The van der Waals surface area contributed by atoms with Crippen LogP contribution in [-0.4, -0.2) is 29.8 Å². The first kappa shape index (κ1) is 10.0. The first-order chi connectivity index (χ1) is 7.10. The predicted octanol–water partition coefficient (Wildman–Crippen LogP) is 0.762. The molecule has 0 aromatic rings. The van der Waals surface area contributed by atoms with Crippen molar-refractivity contribution in [3.05, 3.63) is 12.7 Å². The highest BCUT2D eigenvalue weighted by Crippen LogP contribution is 2.67. The molecule has 15 heavy (non-hydrogen) atoms. The van der Waals surface area contributed by atoms with E-state index in [1.807, 2.05) is 0 Å². The van der Waals surface area contributed by atoms with Gasteiger partial charge in [-0.05, 0) is 18.8 Å². The molecule has 0 saturated heterocycles. The van der Waals surface area contributed by atoms with Gasteiger partial charge in [-0.3, -0.25) is 4.79 Å². The van der Waals surface area contributed by atoms with Gasteiger partial charge in [-0.2, -0.15) is 0 Å². The van der Waals surface area contributed by atoms with Crippen molar-refractivity contribution >= 4 is 12.1 Å². The summed E-state index contributed by atoms with van der Waals surface area (Å²) in [5.41, 5.74) is -0.531. The number of carboxylic acid groups (broad SMARTS) is 1. The molecule has 2 aliphatic carbocycles. The van der Waals surface area contributed by atoms with Crippen LogP contribution in [0.15, 0.2) is 12.7 Å². The summed E-state index contributed by atoms with van der Waals surface area (Å²) in [5.74, 6) is -0.642. The number of alkyl carbamates (subject to hydrolysis) is 1. The third-order valence-electron chi connectivity index (χ3n) is 3.27. The Bertz CT molecular complexity index is 327. The Morgan fingerprint density at radius 1 is 1.60 bits per heavy atom. The summed E-state index contributed by atoms with van der Waals surface area (Å²) in [6.45, 7) is 3.59. The average Bonchev–Trinajstić information content (AvgIpc) is 2.79. The lowest BCUT2D eigenvalue weighted by molar-refractivity contribution is -0.147. The lowest BCUT2D eigenvalue weighted by Crippen LogP contribution is -2.48. The van der Waals surface area contributed by atoms with Gasteiger partial charge in [-0.15, -0.1) is 0 Å². The van der Waals surface area contributed by atoms with E-state index in [-0.39, 0.29) is 18.6 Å². The van der Waals surface area contributed by atoms with Crippen molar-refractivity contribution in [2.75, 3.05) is 6.61 Å². The summed E-state index contributed by atoms with van der Waals surface area (Å²) in [6, 6.07) is -0.0292. The number of fused-ring (bicyclic) bond motifs is 1. The molecular weight excluding hydrogens is 198 g/mol. The normalized spacial score (nSPS) is 35.7. The van der Waals surface area contributed by atoms with Gasteiger partial charge in [0, 0.05) is 6.04 Å². The second-order valence-corrected chi connectivity index (χ2v) is 4.11. The molecule has 2 N–H and O–H groups in total. The molecule has 5 heteroatoms. The SMILES string of the molecule is C=CCOC(=O)N[C@@H]1C[C@@]2(C(=O)O)C[C@@H]12. The van der Waals surface area contributed by atoms with E-state index < -0.39 is 17.5 Å². The molecule has 0 spiro atoms. The second-order valence-electron chi connectivity index (χ2n) is 4.11. The molecule has 3 atom stereocenters. The standard InChI is InChI=1S/C10H13NO4/c1-2-3-15-9(14)11-7-5-10(8(12)13)4-6(7)10/h2,6-7H,1,3-5H2,(H,11,14)(H,12,13)/t6-,7+,10-/m0/s1. The Balaban J connectivity index is 1.75. The smallest absolute Gasteiger partial charge is 0.407 e. The second kappa shape index (κ2) is 3.25. The van der Waals surface area contributed by atoms with Crippen LogP contribution in [0, 0.1) is 11.3 Å². The van der Waals surface area contributed by atoms with Crippen LogP contribution in [0.25, 0.3) is 0 Å². The fraction of sp³-hybridized carbons (Fsp3) is 0.600. The molecule has 2 aliphatic rings. The third kappa shape index (κ3) is 1.48. The molecule has 0 aliphatic heterocycles. The topological polar surface area (TPSA) is 75.6 Å². The molecule has 5 nitrogen and oxygen atoms in total. The van der Waals surface area contributed by atoms with Crippen molar-refractivity contribution in [1.82, 2.24) is 5.32 Å². The molecule has 0 radical (unpaired) electrons. The number of carboxylic acids is 1. The zero-order valence-corrected chi connectivity index (χ0v) is 8.23. The third-order valence-corrected chi connectivity index (χ3v) is 3.27. The van der Waals surface area contributed by atoms with Gasteiger partial charge in [-0.25, -0.2) is 4.79 Å². The van der Waals surface area contributed by atoms with Crippen molar-refractivity contribution in [1.29, 1.82) is 0 Å². The summed E-state index contributed by atoms with van der Waals surface area (Å²) >= 11 is 0. The van der Waals surface area contributed by atoms with E-state index in [0.717, 1.165) is 0 Å². The maximum absolute atomic E-state index is 11.1. The highest BCUT2D eigenvalue weighted by atomic mass is 16.5. The Labute approximate surface area is 87.1 Å². The highest BCUT2D eigenvalue weighted by molar-refractivity contribution is 5.82. The van der Waals surface area contributed by atoms with Crippen LogP contribution in [-0.2, 0) is 9.53 Å². The van der Waals surface area contributed by atoms with E-state index in [1.165, 1.54) is 6.08 Å². The van der Waals surface area contributed by atoms with E-state index in [4.69, 9.17) is 9.84 Å². The molecular formula is C10H13NO4. The summed E-state index contributed by atoms with van der Waals surface area (Å²) < 4.78 is 4.74. The van der Waals surface area contributed by atoms with Crippen molar-refractivity contribution < 1.29 is 19.4 Å². The maximum Gasteiger partial charge on any atom is 0.407 e. The monoisotopic (exact) mass is 211 g/mol. The number of ether oxygens (including phenoxy) is 1. The fourth-order valence-electron chi connectivity index (χ4n) is 2.28. The lowest BCUT2D eigenvalue weighted by Gasteiger charge is -2.31. The van der Waals surface area contributed by atoms with Crippen LogP contribution in [0.1, 0.15) is 12.8 Å². The minimum Gasteiger partial charge on any atom is -0.481 e. The summed E-state index contributed by atoms with van der Waals surface area (Å²) in [7, 11) is 0. The number of hydrogen-bond acceptors (Lipinski definition) is 3. The average molecular weight is 211 g/mol. The zero-order valence-electron chi connectivity index (χ0n) is 8.23. The molecule has 0 bridgehead atoms. The molecule has 1 amide bonds. The van der Waals surface area contributed by atoms with Gasteiger partial charge in [0.1, 0.15) is 6.61 Å². The van der Waals surface area contributed by atoms with Gasteiger partial charge in [-0.1, -0.05) is 12.7 Å². The van der Waals surface area contributed by atoms with E-state index in [1.54, 1.807) is 0 Å². The molecule has 2 rings (SSSR count). The quantitative estimate of drug-likeness (QED) is 0.673. The summed E-state index contributed by atoms with van der Waals surface area (Å²) in [6.07, 6.45) is 2.19. The number of aliphatic carboxylic acids is 1. The van der Waals surface area contributed by atoms with Crippen molar-refractivity contribution in [3.63, 3.8) is 0 Å². The largest absolute Gasteiger partial charge is 0.481 e.